The maximum absolute atomic E-state index is 14.7. The summed E-state index contributed by atoms with van der Waals surface area (Å²) in [6, 6.07) is 12.3. The number of carbonyl (C=O) groups is 2. The molecule has 0 atom stereocenters. The third kappa shape index (κ3) is 6.60. The highest BCUT2D eigenvalue weighted by molar-refractivity contribution is 5.92. The van der Waals surface area contributed by atoms with Crippen molar-refractivity contribution < 1.29 is 23.5 Å². The monoisotopic (exact) mass is 496 g/mol. The number of amides is 2. The lowest BCUT2D eigenvalue weighted by molar-refractivity contribution is -0.117. The molecule has 4 rings (SSSR count). The van der Waals surface area contributed by atoms with E-state index in [9.17, 15) is 18.8 Å². The van der Waals surface area contributed by atoms with E-state index in [-0.39, 0.29) is 29.9 Å². The zero-order valence-electron chi connectivity index (χ0n) is 20.5. The second-order valence-corrected chi connectivity index (χ2v) is 9.61. The number of nitrogens with one attached hydrogen (secondary N) is 2. The molecule has 2 amide bonds. The molecule has 10 heteroatoms. The number of aromatic nitrogens is 1. The average Bonchev–Trinajstić information content (AvgIpc) is 2.80. The molecule has 0 unspecified atom stereocenters. The van der Waals surface area contributed by atoms with Crippen molar-refractivity contribution in [2.75, 3.05) is 38.0 Å². The number of hydrogen-bond donors (Lipinski definition) is 2. The quantitative estimate of drug-likeness (QED) is 0.554. The predicted molar refractivity (Wildman–Crippen MR) is 134 cm³/mol. The lowest BCUT2D eigenvalue weighted by Crippen LogP contribution is -2.51. The number of hydrogen-bond acceptors (Lipinski definition) is 6. The van der Waals surface area contributed by atoms with Crippen molar-refractivity contribution in [3.05, 3.63) is 64.7 Å². The summed E-state index contributed by atoms with van der Waals surface area (Å²) < 4.78 is 25.7. The second kappa shape index (κ2) is 10.4. The summed E-state index contributed by atoms with van der Waals surface area (Å²) >= 11 is 0. The topological polar surface area (TPSA) is 104 Å². The molecule has 1 saturated heterocycles. The first kappa shape index (κ1) is 25.2. The maximum Gasteiger partial charge on any atom is 0.410 e. The van der Waals surface area contributed by atoms with Crippen LogP contribution >= 0.6 is 0 Å². The van der Waals surface area contributed by atoms with Crippen LogP contribution in [0.15, 0.2) is 53.3 Å². The number of anilines is 1. The van der Waals surface area contributed by atoms with E-state index in [4.69, 9.17) is 9.47 Å². The smallest absolute Gasteiger partial charge is 0.410 e. The van der Waals surface area contributed by atoms with Gasteiger partial charge >= 0.3 is 6.09 Å². The minimum atomic E-state index is -0.625. The van der Waals surface area contributed by atoms with Crippen molar-refractivity contribution in [2.45, 2.75) is 26.4 Å². The summed E-state index contributed by atoms with van der Waals surface area (Å²) in [5.74, 6) is -0.483. The molecule has 2 N–H and O–H groups in total. The Bertz CT molecular complexity index is 1330. The summed E-state index contributed by atoms with van der Waals surface area (Å²) in [7, 11) is 0. The van der Waals surface area contributed by atoms with Gasteiger partial charge in [0.15, 0.2) is 11.6 Å². The molecule has 0 saturated carbocycles. The molecule has 9 nitrogen and oxygen atoms in total. The molecular weight excluding hydrogens is 467 g/mol. The number of halogens is 1. The Morgan fingerprint density at radius 1 is 1.03 bits per heavy atom. The van der Waals surface area contributed by atoms with Crippen molar-refractivity contribution in [2.24, 2.45) is 0 Å². The van der Waals surface area contributed by atoms with Crippen LogP contribution in [0.5, 0.6) is 11.5 Å². The fourth-order valence-corrected chi connectivity index (χ4v) is 3.80. The molecule has 1 aliphatic heterocycles. The van der Waals surface area contributed by atoms with Crippen molar-refractivity contribution in [1.82, 2.24) is 14.8 Å². The summed E-state index contributed by atoms with van der Waals surface area (Å²) in [6.45, 7) is 7.59. The Hall–Kier alpha value is -3.92. The molecule has 0 bridgehead atoms. The van der Waals surface area contributed by atoms with Gasteiger partial charge < -0.3 is 24.7 Å². The highest BCUT2D eigenvalue weighted by Gasteiger charge is 2.26. The van der Waals surface area contributed by atoms with E-state index in [1.54, 1.807) is 35.2 Å². The number of ether oxygens (including phenoxy) is 2. The lowest BCUT2D eigenvalue weighted by Gasteiger charge is -2.35. The third-order valence-corrected chi connectivity index (χ3v) is 5.53. The molecule has 1 aliphatic rings. The molecular formula is C26H29FN4O5. The molecule has 2 aromatic carbocycles. The first-order valence-corrected chi connectivity index (χ1v) is 11.7. The highest BCUT2D eigenvalue weighted by Crippen LogP contribution is 2.28. The van der Waals surface area contributed by atoms with E-state index >= 15 is 0 Å². The first-order chi connectivity index (χ1) is 17.1. The summed E-state index contributed by atoms with van der Waals surface area (Å²) in [6.07, 6.45) is -0.358. The Balaban J connectivity index is 1.29. The maximum atomic E-state index is 14.7. The normalized spacial score (nSPS) is 14.5. The standard InChI is InChI=1S/C26H29FN4O5/c1-26(2,3)36-25(34)31-12-10-30(11-13-31)16-24(33)28-18-5-8-22(20(27)15-18)35-19-6-7-21-17(14-19)4-9-23(32)29-21/h4-9,14-15H,10-13,16H2,1-3H3,(H,28,33)(H,29,32). The molecule has 0 radical (unpaired) electrons. The zero-order valence-corrected chi connectivity index (χ0v) is 20.5. The number of aromatic amines is 1. The Kier molecular flexibility index (Phi) is 7.25. The molecule has 36 heavy (non-hydrogen) atoms. The minimum Gasteiger partial charge on any atom is -0.454 e. The molecule has 190 valence electrons. The third-order valence-electron chi connectivity index (χ3n) is 5.53. The Morgan fingerprint density at radius 2 is 1.78 bits per heavy atom. The van der Waals surface area contributed by atoms with Crippen LogP contribution in [-0.2, 0) is 9.53 Å². The number of fused-ring (bicyclic) bond motifs is 1. The zero-order chi connectivity index (χ0) is 25.9. The Labute approximate surface area is 207 Å². The van der Waals surface area contributed by atoms with E-state index in [1.807, 2.05) is 25.7 Å². The minimum absolute atomic E-state index is 0.00929. The van der Waals surface area contributed by atoms with Gasteiger partial charge in [-0.05, 0) is 57.2 Å². The van der Waals surface area contributed by atoms with Crippen LogP contribution in [0.1, 0.15) is 20.8 Å². The van der Waals surface area contributed by atoms with Gasteiger partial charge in [0.25, 0.3) is 0 Å². The van der Waals surface area contributed by atoms with Crippen LogP contribution in [-0.4, -0.2) is 65.1 Å². The van der Waals surface area contributed by atoms with Crippen LogP contribution < -0.4 is 15.6 Å². The van der Waals surface area contributed by atoms with Crippen LogP contribution in [0, 0.1) is 5.82 Å². The van der Waals surface area contributed by atoms with Crippen LogP contribution in [0.2, 0.25) is 0 Å². The van der Waals surface area contributed by atoms with Gasteiger partial charge in [-0.2, -0.15) is 0 Å². The number of carbonyl (C=O) groups excluding carboxylic acids is 2. The van der Waals surface area contributed by atoms with Crippen molar-refractivity contribution in [1.29, 1.82) is 0 Å². The number of pyridine rings is 1. The van der Waals surface area contributed by atoms with E-state index in [0.29, 0.717) is 43.1 Å². The van der Waals surface area contributed by atoms with E-state index < -0.39 is 11.4 Å². The summed E-state index contributed by atoms with van der Waals surface area (Å²) in [5.41, 5.74) is 0.205. The fourth-order valence-electron chi connectivity index (χ4n) is 3.80. The number of piperazine rings is 1. The fraction of sp³-hybridized carbons (Fsp3) is 0.346. The SMILES string of the molecule is CC(C)(C)OC(=O)N1CCN(CC(=O)Nc2ccc(Oc3ccc4[nH]c(=O)ccc4c3)c(F)c2)CC1. The number of H-pyrrole nitrogens is 1. The van der Waals surface area contributed by atoms with Crippen LogP contribution in [0.4, 0.5) is 14.9 Å². The van der Waals surface area contributed by atoms with Gasteiger partial charge in [-0.1, -0.05) is 0 Å². The summed E-state index contributed by atoms with van der Waals surface area (Å²) in [4.78, 5) is 42.3. The van der Waals surface area contributed by atoms with Crippen molar-refractivity contribution in [3.63, 3.8) is 0 Å². The molecule has 1 fully saturated rings. The van der Waals surface area contributed by atoms with E-state index in [2.05, 4.69) is 10.3 Å². The van der Waals surface area contributed by atoms with Gasteiger partial charge in [0, 0.05) is 54.9 Å². The van der Waals surface area contributed by atoms with Crippen molar-refractivity contribution >= 4 is 28.6 Å². The molecule has 0 spiro atoms. The second-order valence-electron chi connectivity index (χ2n) is 9.61. The van der Waals surface area contributed by atoms with Crippen LogP contribution in [0.25, 0.3) is 10.9 Å². The number of nitrogens with zero attached hydrogens (tertiary/aromatic N) is 2. The predicted octanol–water partition coefficient (Wildman–Crippen LogP) is 3.95. The first-order valence-electron chi connectivity index (χ1n) is 11.7. The van der Waals surface area contributed by atoms with Gasteiger partial charge in [0.1, 0.15) is 11.4 Å². The number of rotatable bonds is 5. The average molecular weight is 497 g/mol. The molecule has 1 aromatic heterocycles. The van der Waals surface area contributed by atoms with Gasteiger partial charge in [0.2, 0.25) is 11.5 Å². The number of benzene rings is 2. The van der Waals surface area contributed by atoms with Gasteiger partial charge in [-0.25, -0.2) is 9.18 Å². The Morgan fingerprint density at radius 3 is 2.47 bits per heavy atom. The summed E-state index contributed by atoms with van der Waals surface area (Å²) in [5, 5.41) is 3.45. The van der Waals surface area contributed by atoms with Crippen molar-refractivity contribution in [3.8, 4) is 11.5 Å². The van der Waals surface area contributed by atoms with Gasteiger partial charge in [0.05, 0.1) is 6.54 Å². The molecule has 2 heterocycles. The van der Waals surface area contributed by atoms with E-state index in [0.717, 1.165) is 5.39 Å². The lowest BCUT2D eigenvalue weighted by atomic mass is 10.2. The molecule has 0 aliphatic carbocycles. The van der Waals surface area contributed by atoms with Gasteiger partial charge in [-0.3, -0.25) is 14.5 Å². The molecule has 3 aromatic rings. The van der Waals surface area contributed by atoms with Gasteiger partial charge in [-0.15, -0.1) is 0 Å². The largest absolute Gasteiger partial charge is 0.454 e. The highest BCUT2D eigenvalue weighted by atomic mass is 19.1. The van der Waals surface area contributed by atoms with E-state index in [1.165, 1.54) is 18.2 Å². The van der Waals surface area contributed by atoms with Crippen LogP contribution in [0.3, 0.4) is 0 Å².